The zero-order chi connectivity index (χ0) is 27.5. The van der Waals surface area contributed by atoms with Gasteiger partial charge < -0.3 is 20.2 Å². The van der Waals surface area contributed by atoms with Crippen molar-refractivity contribution in [2.45, 2.75) is 44.6 Å². The third-order valence-electron chi connectivity index (χ3n) is 6.67. The van der Waals surface area contributed by atoms with E-state index in [9.17, 15) is 19.2 Å². The van der Waals surface area contributed by atoms with Crippen molar-refractivity contribution in [2.24, 2.45) is 0 Å². The lowest BCUT2D eigenvalue weighted by molar-refractivity contribution is -0.135. The van der Waals surface area contributed by atoms with Crippen LogP contribution in [-0.2, 0) is 20.8 Å². The van der Waals surface area contributed by atoms with Crippen molar-refractivity contribution in [3.8, 4) is 11.8 Å². The molecule has 0 radical (unpaired) electrons. The molecule has 2 aromatic rings. The molecule has 1 heterocycles. The molecule has 1 unspecified atom stereocenters. The van der Waals surface area contributed by atoms with E-state index in [0.29, 0.717) is 17.9 Å². The van der Waals surface area contributed by atoms with Crippen LogP contribution in [0.15, 0.2) is 48.5 Å². The summed E-state index contributed by atoms with van der Waals surface area (Å²) in [5, 5.41) is 11.5. The van der Waals surface area contributed by atoms with Crippen LogP contribution in [0.2, 0.25) is 0 Å². The number of likely N-dealkylation sites (N-methyl/N-ethyl adjacent to an activating group) is 2. The summed E-state index contributed by atoms with van der Waals surface area (Å²) in [6.45, 7) is 0.945. The molecule has 1 saturated heterocycles. The first-order valence-corrected chi connectivity index (χ1v) is 12.9. The molecule has 3 rings (SSSR count). The monoisotopic (exact) mass is 517 g/mol. The number of likely N-dealkylation sites (tertiary alicyclic amines) is 1. The normalized spacial score (nSPS) is 13.4. The van der Waals surface area contributed by atoms with E-state index < -0.39 is 30.2 Å². The standard InChI is InChI=1S/C30H35N3O5/c1-31-29(37)28(26(35)21-34)32(2)30(38)25-17-15-24(16-18-25)14-13-23-11-9-22(10-12-23)7-4-3-5-19-33-20-6-8-27(33)36/h9-12,15-18,28,34H,3-8,19-21H2,1-2H3,(H,31,37). The molecule has 2 N–H and O–H groups in total. The predicted molar refractivity (Wildman–Crippen MR) is 144 cm³/mol. The number of aliphatic hydroxyl groups excluding tert-OH is 1. The van der Waals surface area contributed by atoms with Crippen molar-refractivity contribution in [3.05, 3.63) is 70.8 Å². The van der Waals surface area contributed by atoms with Crippen molar-refractivity contribution < 1.29 is 24.3 Å². The Morgan fingerprint density at radius 1 is 1.00 bits per heavy atom. The maximum absolute atomic E-state index is 12.8. The van der Waals surface area contributed by atoms with Gasteiger partial charge >= 0.3 is 0 Å². The number of carbonyl (C=O) groups is 4. The Morgan fingerprint density at radius 2 is 1.63 bits per heavy atom. The zero-order valence-corrected chi connectivity index (χ0v) is 22.0. The van der Waals surface area contributed by atoms with Crippen molar-refractivity contribution >= 4 is 23.5 Å². The molecule has 2 aromatic carbocycles. The number of aliphatic hydroxyl groups is 1. The number of rotatable bonds is 11. The number of aryl methyl sites for hydroxylation is 1. The van der Waals surface area contributed by atoms with Gasteiger partial charge in [-0.15, -0.1) is 0 Å². The van der Waals surface area contributed by atoms with Crippen LogP contribution in [0.1, 0.15) is 59.2 Å². The first-order chi connectivity index (χ1) is 18.3. The van der Waals surface area contributed by atoms with E-state index in [1.807, 2.05) is 17.0 Å². The van der Waals surface area contributed by atoms with E-state index in [2.05, 4.69) is 29.3 Å². The van der Waals surface area contributed by atoms with Crippen molar-refractivity contribution in [2.75, 3.05) is 33.8 Å². The maximum atomic E-state index is 12.8. The number of hydrogen-bond acceptors (Lipinski definition) is 5. The third kappa shape index (κ3) is 7.77. The van der Waals surface area contributed by atoms with E-state index in [0.717, 1.165) is 61.2 Å². The molecule has 1 fully saturated rings. The molecule has 38 heavy (non-hydrogen) atoms. The number of hydrogen-bond donors (Lipinski definition) is 2. The SMILES string of the molecule is CNC(=O)C(C(=O)CO)N(C)C(=O)c1ccc(C#Cc2ccc(CCCCCN3CCCC3=O)cc2)cc1. The van der Waals surface area contributed by atoms with Crippen LogP contribution in [-0.4, -0.2) is 78.2 Å². The molecule has 8 nitrogen and oxygen atoms in total. The fraction of sp³-hybridized carbons (Fsp3) is 0.400. The van der Waals surface area contributed by atoms with Crippen LogP contribution >= 0.6 is 0 Å². The molecule has 1 aliphatic rings. The second-order valence-corrected chi connectivity index (χ2v) is 9.38. The maximum Gasteiger partial charge on any atom is 0.254 e. The minimum Gasteiger partial charge on any atom is -0.388 e. The summed E-state index contributed by atoms with van der Waals surface area (Å²) in [4.78, 5) is 51.5. The van der Waals surface area contributed by atoms with Gasteiger partial charge in [-0.1, -0.05) is 30.4 Å². The number of benzene rings is 2. The fourth-order valence-corrected chi connectivity index (χ4v) is 4.43. The Morgan fingerprint density at radius 3 is 2.18 bits per heavy atom. The number of unbranched alkanes of at least 4 members (excludes halogenated alkanes) is 2. The van der Waals surface area contributed by atoms with Crippen molar-refractivity contribution in [1.82, 2.24) is 15.1 Å². The van der Waals surface area contributed by atoms with Gasteiger partial charge in [-0.3, -0.25) is 19.2 Å². The van der Waals surface area contributed by atoms with Crippen LogP contribution in [0.5, 0.6) is 0 Å². The number of amides is 3. The number of carbonyl (C=O) groups excluding carboxylic acids is 4. The van der Waals surface area contributed by atoms with Gasteiger partial charge in [0.15, 0.2) is 11.8 Å². The lowest BCUT2D eigenvalue weighted by atomic mass is 10.0. The van der Waals surface area contributed by atoms with Crippen LogP contribution < -0.4 is 5.32 Å². The van der Waals surface area contributed by atoms with Crippen LogP contribution in [0.3, 0.4) is 0 Å². The second-order valence-electron chi connectivity index (χ2n) is 9.38. The highest BCUT2D eigenvalue weighted by Gasteiger charge is 2.32. The van der Waals surface area contributed by atoms with Gasteiger partial charge in [0.05, 0.1) is 0 Å². The molecule has 0 saturated carbocycles. The number of ketones is 1. The summed E-state index contributed by atoms with van der Waals surface area (Å²) in [6, 6.07) is 13.4. The fourth-order valence-electron chi connectivity index (χ4n) is 4.43. The van der Waals surface area contributed by atoms with E-state index in [-0.39, 0.29) is 0 Å². The van der Waals surface area contributed by atoms with Gasteiger partial charge in [-0.2, -0.15) is 0 Å². The van der Waals surface area contributed by atoms with E-state index >= 15 is 0 Å². The number of Topliss-reactive ketones (excluding diaryl/α,β-unsaturated/α-hetero) is 1. The largest absolute Gasteiger partial charge is 0.388 e. The average Bonchev–Trinajstić information content (AvgIpc) is 3.36. The molecule has 3 amide bonds. The van der Waals surface area contributed by atoms with E-state index in [1.54, 1.807) is 24.3 Å². The first kappa shape index (κ1) is 28.6. The van der Waals surface area contributed by atoms with E-state index in [1.165, 1.54) is 19.7 Å². The van der Waals surface area contributed by atoms with Gasteiger partial charge in [-0.05, 0) is 67.6 Å². The smallest absolute Gasteiger partial charge is 0.254 e. The molecular weight excluding hydrogens is 482 g/mol. The first-order valence-electron chi connectivity index (χ1n) is 12.9. The second kappa shape index (κ2) is 14.1. The van der Waals surface area contributed by atoms with Gasteiger partial charge in [0, 0.05) is 50.3 Å². The highest BCUT2D eigenvalue weighted by molar-refractivity contribution is 6.10. The molecule has 1 aliphatic heterocycles. The van der Waals surface area contributed by atoms with Crippen LogP contribution in [0, 0.1) is 11.8 Å². The molecule has 0 aromatic heterocycles. The summed E-state index contributed by atoms with van der Waals surface area (Å²) in [5.41, 5.74) is 3.17. The molecule has 200 valence electrons. The number of nitrogens with one attached hydrogen (secondary N) is 1. The molecule has 8 heteroatoms. The summed E-state index contributed by atoms with van der Waals surface area (Å²) < 4.78 is 0. The topological polar surface area (TPSA) is 107 Å². The Hall–Kier alpha value is -3.96. The van der Waals surface area contributed by atoms with Crippen molar-refractivity contribution in [1.29, 1.82) is 0 Å². The lowest BCUT2D eigenvalue weighted by Crippen LogP contribution is -2.52. The van der Waals surface area contributed by atoms with Crippen molar-refractivity contribution in [3.63, 3.8) is 0 Å². The molecular formula is C30H35N3O5. The van der Waals surface area contributed by atoms with Crippen LogP contribution in [0.25, 0.3) is 0 Å². The summed E-state index contributed by atoms with van der Waals surface area (Å²) >= 11 is 0. The van der Waals surface area contributed by atoms with Crippen LogP contribution in [0.4, 0.5) is 0 Å². The highest BCUT2D eigenvalue weighted by atomic mass is 16.3. The quantitative estimate of drug-likeness (QED) is 0.270. The van der Waals surface area contributed by atoms with Gasteiger partial charge in [0.25, 0.3) is 5.91 Å². The Labute approximate surface area is 224 Å². The average molecular weight is 518 g/mol. The summed E-state index contributed by atoms with van der Waals surface area (Å²) in [6.07, 6.45) is 5.93. The predicted octanol–water partition coefficient (Wildman–Crippen LogP) is 2.17. The Bertz CT molecular complexity index is 1180. The zero-order valence-electron chi connectivity index (χ0n) is 22.0. The number of nitrogens with zero attached hydrogens (tertiary/aromatic N) is 2. The molecule has 0 spiro atoms. The molecule has 0 aliphatic carbocycles. The molecule has 0 bridgehead atoms. The van der Waals surface area contributed by atoms with Gasteiger partial charge in [0.1, 0.15) is 6.61 Å². The Kier molecular flexibility index (Phi) is 10.6. The van der Waals surface area contributed by atoms with Gasteiger partial charge in [-0.25, -0.2) is 0 Å². The summed E-state index contributed by atoms with van der Waals surface area (Å²) in [7, 11) is 2.71. The minimum absolute atomic E-state index is 0.293. The lowest BCUT2D eigenvalue weighted by Gasteiger charge is -2.25. The molecule has 1 atom stereocenters. The Balaban J connectivity index is 1.50. The third-order valence-corrected chi connectivity index (χ3v) is 6.67. The highest BCUT2D eigenvalue weighted by Crippen LogP contribution is 2.14. The summed E-state index contributed by atoms with van der Waals surface area (Å²) in [5.74, 6) is 4.57. The minimum atomic E-state index is -1.40. The van der Waals surface area contributed by atoms with E-state index in [4.69, 9.17) is 5.11 Å². The van der Waals surface area contributed by atoms with Gasteiger partial charge in [0.2, 0.25) is 11.8 Å².